The van der Waals surface area contributed by atoms with Gasteiger partial charge in [0.1, 0.15) is 5.82 Å². The summed E-state index contributed by atoms with van der Waals surface area (Å²) in [5, 5.41) is 1.10. The lowest BCUT2D eigenvalue weighted by atomic mass is 10.2. The second-order valence-electron chi connectivity index (χ2n) is 5.41. The van der Waals surface area contributed by atoms with Gasteiger partial charge in [0.2, 0.25) is 0 Å². The molecule has 2 aromatic heterocycles. The van der Waals surface area contributed by atoms with E-state index in [1.54, 1.807) is 23.7 Å². The summed E-state index contributed by atoms with van der Waals surface area (Å²) in [6, 6.07) is 10.4. The van der Waals surface area contributed by atoms with Crippen LogP contribution in [-0.2, 0) is 0 Å². The summed E-state index contributed by atoms with van der Waals surface area (Å²) in [4.78, 5) is 19.0. The molecule has 116 valence electrons. The van der Waals surface area contributed by atoms with Crippen LogP contribution < -0.4 is 9.80 Å². The summed E-state index contributed by atoms with van der Waals surface area (Å²) in [5.41, 5.74) is 1.23. The first kappa shape index (κ1) is 14.1. The van der Waals surface area contributed by atoms with Gasteiger partial charge in [-0.2, -0.15) is 0 Å². The maximum atomic E-state index is 4.61. The van der Waals surface area contributed by atoms with Gasteiger partial charge < -0.3 is 9.80 Å². The fourth-order valence-corrected chi connectivity index (χ4v) is 3.70. The lowest BCUT2D eigenvalue weighted by Crippen LogP contribution is -2.46. The van der Waals surface area contributed by atoms with Gasteiger partial charge in [-0.15, -0.1) is 0 Å². The topological polar surface area (TPSA) is 45.2 Å². The van der Waals surface area contributed by atoms with E-state index < -0.39 is 0 Å². The van der Waals surface area contributed by atoms with Gasteiger partial charge >= 0.3 is 0 Å². The maximum absolute atomic E-state index is 4.61. The summed E-state index contributed by atoms with van der Waals surface area (Å²) >= 11 is 1.76. The van der Waals surface area contributed by atoms with Crippen molar-refractivity contribution in [3.8, 4) is 10.4 Å². The summed E-state index contributed by atoms with van der Waals surface area (Å²) < 4.78 is 0. The first-order valence-electron chi connectivity index (χ1n) is 7.67. The van der Waals surface area contributed by atoms with Gasteiger partial charge in [-0.25, -0.2) is 9.97 Å². The Morgan fingerprint density at radius 2 is 1.61 bits per heavy atom. The van der Waals surface area contributed by atoms with Crippen LogP contribution in [0.15, 0.2) is 55.1 Å². The molecule has 0 atom stereocenters. The van der Waals surface area contributed by atoms with Crippen LogP contribution in [0.25, 0.3) is 10.4 Å². The molecule has 1 aliphatic rings. The number of rotatable bonds is 3. The number of thiazole rings is 1. The first-order valence-corrected chi connectivity index (χ1v) is 8.49. The van der Waals surface area contributed by atoms with Crippen LogP contribution in [-0.4, -0.2) is 41.1 Å². The quantitative estimate of drug-likeness (QED) is 0.741. The van der Waals surface area contributed by atoms with Crippen LogP contribution in [0.4, 0.5) is 10.9 Å². The lowest BCUT2D eigenvalue weighted by molar-refractivity contribution is 0.645. The van der Waals surface area contributed by atoms with Gasteiger partial charge in [0.05, 0.1) is 11.1 Å². The Kier molecular flexibility index (Phi) is 3.90. The molecule has 0 saturated carbocycles. The highest BCUT2D eigenvalue weighted by Gasteiger charge is 2.20. The second-order valence-corrected chi connectivity index (χ2v) is 6.42. The normalized spacial score (nSPS) is 15.0. The minimum atomic E-state index is 0.943. The number of piperazine rings is 1. The molecular formula is C17H17N5S. The van der Waals surface area contributed by atoms with E-state index >= 15 is 0 Å². The van der Waals surface area contributed by atoms with E-state index in [2.05, 4.69) is 49.0 Å². The molecule has 0 radical (unpaired) electrons. The predicted octanol–water partition coefficient (Wildman–Crippen LogP) is 2.93. The highest BCUT2D eigenvalue weighted by Crippen LogP contribution is 2.31. The largest absolute Gasteiger partial charge is 0.352 e. The molecule has 0 N–H and O–H groups in total. The van der Waals surface area contributed by atoms with Crippen molar-refractivity contribution in [2.24, 2.45) is 0 Å². The van der Waals surface area contributed by atoms with E-state index in [9.17, 15) is 0 Å². The van der Waals surface area contributed by atoms with Crippen molar-refractivity contribution in [2.45, 2.75) is 0 Å². The number of hydrogen-bond donors (Lipinski definition) is 0. The van der Waals surface area contributed by atoms with Gasteiger partial charge in [-0.05, 0) is 5.56 Å². The molecule has 0 spiro atoms. The zero-order valence-electron chi connectivity index (χ0n) is 12.7. The number of nitrogens with zero attached hydrogens (tertiary/aromatic N) is 5. The molecular weight excluding hydrogens is 306 g/mol. The molecule has 1 aromatic carbocycles. The molecule has 0 bridgehead atoms. The highest BCUT2D eigenvalue weighted by molar-refractivity contribution is 7.18. The van der Waals surface area contributed by atoms with Gasteiger partial charge in [-0.1, -0.05) is 41.7 Å². The molecule has 23 heavy (non-hydrogen) atoms. The van der Waals surface area contributed by atoms with Crippen LogP contribution in [0.5, 0.6) is 0 Å². The molecule has 3 heterocycles. The molecule has 0 aliphatic carbocycles. The van der Waals surface area contributed by atoms with Crippen molar-refractivity contribution >= 4 is 22.3 Å². The van der Waals surface area contributed by atoms with Crippen LogP contribution in [0.2, 0.25) is 0 Å². The molecule has 0 unspecified atom stereocenters. The van der Waals surface area contributed by atoms with Crippen LogP contribution in [0, 0.1) is 0 Å². The van der Waals surface area contributed by atoms with Crippen LogP contribution in [0.3, 0.4) is 0 Å². The minimum Gasteiger partial charge on any atom is -0.352 e. The molecule has 1 aliphatic heterocycles. The summed E-state index contributed by atoms with van der Waals surface area (Å²) in [6.07, 6.45) is 7.26. The summed E-state index contributed by atoms with van der Waals surface area (Å²) in [5.74, 6) is 0.955. The molecule has 1 fully saturated rings. The third-order valence-corrected chi connectivity index (χ3v) is 5.08. The van der Waals surface area contributed by atoms with E-state index in [-0.39, 0.29) is 0 Å². The molecule has 1 saturated heterocycles. The minimum absolute atomic E-state index is 0.943. The van der Waals surface area contributed by atoms with Gasteiger partial charge in [0.15, 0.2) is 5.13 Å². The van der Waals surface area contributed by atoms with Crippen molar-refractivity contribution in [1.29, 1.82) is 0 Å². The third kappa shape index (κ3) is 3.03. The summed E-state index contributed by atoms with van der Waals surface area (Å²) in [7, 11) is 0. The van der Waals surface area contributed by atoms with Crippen molar-refractivity contribution in [3.63, 3.8) is 0 Å². The predicted molar refractivity (Wildman–Crippen MR) is 94.0 cm³/mol. The molecule has 3 aromatic rings. The average molecular weight is 323 g/mol. The third-order valence-electron chi connectivity index (χ3n) is 3.98. The fourth-order valence-electron chi connectivity index (χ4n) is 2.73. The van der Waals surface area contributed by atoms with E-state index in [0.717, 1.165) is 37.1 Å². The monoisotopic (exact) mass is 323 g/mol. The Morgan fingerprint density at radius 3 is 2.35 bits per heavy atom. The Balaban J connectivity index is 1.44. The van der Waals surface area contributed by atoms with Crippen LogP contribution >= 0.6 is 11.3 Å². The zero-order valence-corrected chi connectivity index (χ0v) is 13.5. The Bertz CT molecular complexity index is 751. The van der Waals surface area contributed by atoms with E-state index in [0.29, 0.717) is 0 Å². The van der Waals surface area contributed by atoms with Crippen LogP contribution in [0.1, 0.15) is 0 Å². The average Bonchev–Trinajstić information content (AvgIpc) is 3.14. The number of aromatic nitrogens is 3. The van der Waals surface area contributed by atoms with Gasteiger partial charge in [0, 0.05) is 44.8 Å². The number of benzene rings is 1. The molecule has 4 rings (SSSR count). The first-order chi connectivity index (χ1) is 11.4. The molecule has 5 nitrogen and oxygen atoms in total. The van der Waals surface area contributed by atoms with Crippen molar-refractivity contribution in [2.75, 3.05) is 36.0 Å². The van der Waals surface area contributed by atoms with Crippen molar-refractivity contribution in [1.82, 2.24) is 15.0 Å². The maximum Gasteiger partial charge on any atom is 0.185 e. The lowest BCUT2D eigenvalue weighted by Gasteiger charge is -2.34. The SMILES string of the molecule is c1ccc(-c2cnc(N3CCN(c4cnccn4)CC3)s2)cc1. The Hall–Kier alpha value is -2.47. The van der Waals surface area contributed by atoms with Crippen molar-refractivity contribution < 1.29 is 0 Å². The second kappa shape index (κ2) is 6.34. The van der Waals surface area contributed by atoms with E-state index in [1.165, 1.54) is 10.4 Å². The smallest absolute Gasteiger partial charge is 0.185 e. The van der Waals surface area contributed by atoms with E-state index in [1.807, 2.05) is 18.5 Å². The summed E-state index contributed by atoms with van der Waals surface area (Å²) in [6.45, 7) is 3.80. The fraction of sp³-hybridized carbons (Fsp3) is 0.235. The zero-order chi connectivity index (χ0) is 15.5. The Morgan fingerprint density at radius 1 is 0.826 bits per heavy atom. The van der Waals surface area contributed by atoms with E-state index in [4.69, 9.17) is 0 Å². The number of anilines is 2. The molecule has 6 heteroatoms. The van der Waals surface area contributed by atoms with Gasteiger partial charge in [0.25, 0.3) is 0 Å². The van der Waals surface area contributed by atoms with Gasteiger partial charge in [-0.3, -0.25) is 4.98 Å². The van der Waals surface area contributed by atoms with Crippen molar-refractivity contribution in [3.05, 3.63) is 55.1 Å². The number of hydrogen-bond acceptors (Lipinski definition) is 6. The Labute approximate surface area is 139 Å². The highest BCUT2D eigenvalue weighted by atomic mass is 32.1. The molecule has 0 amide bonds. The standard InChI is InChI=1S/C17H17N5S/c1-2-4-14(5-3-1)15-12-20-17(23-15)22-10-8-21(9-11-22)16-13-18-6-7-19-16/h1-7,12-13H,8-11H2.